The van der Waals surface area contributed by atoms with Crippen LogP contribution in [0.2, 0.25) is 0 Å². The Hall–Kier alpha value is -4.59. The molecule has 3 aromatic carbocycles. The van der Waals surface area contributed by atoms with Crippen molar-refractivity contribution in [3.8, 4) is 11.5 Å². The first kappa shape index (κ1) is 27.4. The summed E-state index contributed by atoms with van der Waals surface area (Å²) in [5, 5.41) is 21.3. The molecular weight excluding hydrogens is 498 g/mol. The molecule has 0 bridgehead atoms. The molecule has 1 fully saturated rings. The number of anilines is 1. The van der Waals surface area contributed by atoms with Crippen LogP contribution in [0.3, 0.4) is 0 Å². The molecule has 1 unspecified atom stereocenters. The number of benzene rings is 3. The largest absolute Gasteiger partial charge is 0.508 e. The molecule has 4 rings (SSSR count). The summed E-state index contributed by atoms with van der Waals surface area (Å²) in [5.41, 5.74) is 1.19. The van der Waals surface area contributed by atoms with Crippen LogP contribution in [-0.2, 0) is 14.3 Å². The summed E-state index contributed by atoms with van der Waals surface area (Å²) in [6, 6.07) is 18.0. The smallest absolute Gasteiger partial charge is 0.338 e. The van der Waals surface area contributed by atoms with Crippen molar-refractivity contribution >= 4 is 29.1 Å². The number of Topliss-reactive ketones (excluding diaryl/α,β-unsaturated/α-hetero) is 1. The van der Waals surface area contributed by atoms with Crippen molar-refractivity contribution in [3.63, 3.8) is 0 Å². The minimum absolute atomic E-state index is 0.00590. The molecule has 0 spiro atoms. The van der Waals surface area contributed by atoms with Crippen LogP contribution < -0.4 is 9.64 Å². The molecular formula is C31H31NO7. The van der Waals surface area contributed by atoms with Gasteiger partial charge in [0.25, 0.3) is 11.7 Å². The Morgan fingerprint density at radius 2 is 1.67 bits per heavy atom. The second kappa shape index (κ2) is 11.9. The number of nitrogens with zero attached hydrogens (tertiary/aromatic N) is 1. The van der Waals surface area contributed by atoms with Gasteiger partial charge in [-0.15, -0.1) is 0 Å². The maximum Gasteiger partial charge on any atom is 0.338 e. The molecule has 0 aromatic heterocycles. The maximum absolute atomic E-state index is 13.4. The van der Waals surface area contributed by atoms with Gasteiger partial charge in [-0.2, -0.15) is 0 Å². The first-order valence-electron chi connectivity index (χ1n) is 12.8. The zero-order valence-electron chi connectivity index (χ0n) is 22.1. The minimum atomic E-state index is -1.02. The van der Waals surface area contributed by atoms with Crippen molar-refractivity contribution in [1.29, 1.82) is 0 Å². The number of aromatic hydroxyl groups is 1. The second-order valence-electron chi connectivity index (χ2n) is 9.68. The van der Waals surface area contributed by atoms with E-state index in [1.807, 2.05) is 20.8 Å². The Kier molecular flexibility index (Phi) is 8.34. The van der Waals surface area contributed by atoms with E-state index >= 15 is 0 Å². The van der Waals surface area contributed by atoms with Gasteiger partial charge in [0.1, 0.15) is 17.3 Å². The summed E-state index contributed by atoms with van der Waals surface area (Å²) in [6.45, 7) is 6.63. The summed E-state index contributed by atoms with van der Waals surface area (Å²) in [5.74, 6) is -1.83. The topological polar surface area (TPSA) is 113 Å². The van der Waals surface area contributed by atoms with E-state index in [-0.39, 0.29) is 40.9 Å². The van der Waals surface area contributed by atoms with Crippen LogP contribution >= 0.6 is 0 Å². The molecule has 1 atom stereocenters. The Bertz CT molecular complexity index is 1410. The van der Waals surface area contributed by atoms with Gasteiger partial charge < -0.3 is 19.7 Å². The number of aliphatic hydroxyl groups is 1. The molecule has 1 saturated heterocycles. The molecule has 202 valence electrons. The lowest BCUT2D eigenvalue weighted by atomic mass is 9.95. The number of rotatable bonds is 9. The number of amides is 1. The molecule has 1 aliphatic heterocycles. The fourth-order valence-corrected chi connectivity index (χ4v) is 4.28. The molecule has 39 heavy (non-hydrogen) atoms. The van der Waals surface area contributed by atoms with Crippen LogP contribution in [0, 0.1) is 5.92 Å². The van der Waals surface area contributed by atoms with E-state index < -0.39 is 23.7 Å². The Balaban J connectivity index is 1.83. The van der Waals surface area contributed by atoms with Gasteiger partial charge in [-0.05, 0) is 60.4 Å². The van der Waals surface area contributed by atoms with Crippen LogP contribution in [0.1, 0.15) is 54.7 Å². The SMILES string of the molecule is CCCOC(=O)c1cccc(N2C(=O)C(=O)/C(=C(/O)c3cccc(OCC(C)C)c3)C2c2ccc(O)cc2)c1. The zero-order chi connectivity index (χ0) is 28.1. The van der Waals surface area contributed by atoms with Gasteiger partial charge in [0.15, 0.2) is 0 Å². The number of ether oxygens (including phenoxy) is 2. The summed E-state index contributed by atoms with van der Waals surface area (Å²) >= 11 is 0. The van der Waals surface area contributed by atoms with E-state index in [2.05, 4.69) is 0 Å². The number of hydrogen-bond donors (Lipinski definition) is 2. The van der Waals surface area contributed by atoms with Gasteiger partial charge in [0, 0.05) is 11.3 Å². The van der Waals surface area contributed by atoms with E-state index in [9.17, 15) is 24.6 Å². The van der Waals surface area contributed by atoms with Crippen molar-refractivity contribution in [3.05, 3.63) is 95.1 Å². The highest BCUT2D eigenvalue weighted by Crippen LogP contribution is 2.43. The van der Waals surface area contributed by atoms with E-state index in [1.54, 1.807) is 54.6 Å². The molecule has 3 aromatic rings. The number of phenols is 1. The number of esters is 1. The van der Waals surface area contributed by atoms with Crippen molar-refractivity contribution in [2.75, 3.05) is 18.1 Å². The first-order chi connectivity index (χ1) is 18.7. The first-order valence-corrected chi connectivity index (χ1v) is 12.8. The number of aliphatic hydroxyl groups excluding tert-OH is 1. The van der Waals surface area contributed by atoms with Crippen LogP contribution in [0.25, 0.3) is 5.76 Å². The second-order valence-corrected chi connectivity index (χ2v) is 9.68. The molecule has 8 nitrogen and oxygen atoms in total. The number of carbonyl (C=O) groups excluding carboxylic acids is 3. The summed E-state index contributed by atoms with van der Waals surface area (Å²) < 4.78 is 11.0. The third kappa shape index (κ3) is 5.95. The standard InChI is InChI=1S/C31H31NO7/c1-4-15-38-31(37)22-8-5-9-23(16-22)32-27(20-11-13-24(33)14-12-20)26(29(35)30(32)36)28(34)21-7-6-10-25(17-21)39-18-19(2)3/h5-14,16-17,19,27,33-34H,4,15,18H2,1-3H3/b28-26+. The molecule has 1 amide bonds. The zero-order valence-corrected chi connectivity index (χ0v) is 22.1. The number of phenolic OH excluding ortho intramolecular Hbond substituents is 1. The summed E-state index contributed by atoms with van der Waals surface area (Å²) in [4.78, 5) is 40.6. The van der Waals surface area contributed by atoms with Crippen LogP contribution in [-0.4, -0.2) is 41.1 Å². The lowest BCUT2D eigenvalue weighted by molar-refractivity contribution is -0.132. The van der Waals surface area contributed by atoms with Crippen LogP contribution in [0.5, 0.6) is 11.5 Å². The molecule has 8 heteroatoms. The van der Waals surface area contributed by atoms with Crippen molar-refractivity contribution in [1.82, 2.24) is 0 Å². The molecule has 1 aliphatic rings. The van der Waals surface area contributed by atoms with Gasteiger partial charge >= 0.3 is 5.97 Å². The normalized spacial score (nSPS) is 16.5. The predicted octanol–water partition coefficient (Wildman–Crippen LogP) is 5.62. The lowest BCUT2D eigenvalue weighted by Crippen LogP contribution is -2.29. The van der Waals surface area contributed by atoms with Gasteiger partial charge in [-0.3, -0.25) is 14.5 Å². The Morgan fingerprint density at radius 1 is 0.974 bits per heavy atom. The van der Waals surface area contributed by atoms with Gasteiger partial charge in [0.05, 0.1) is 30.4 Å². The quantitative estimate of drug-likeness (QED) is 0.160. The van der Waals surface area contributed by atoms with E-state index in [0.717, 1.165) is 0 Å². The number of ketones is 1. The number of carbonyl (C=O) groups is 3. The molecule has 0 saturated carbocycles. The average molecular weight is 530 g/mol. The monoisotopic (exact) mass is 529 g/mol. The summed E-state index contributed by atoms with van der Waals surface area (Å²) in [6.07, 6.45) is 0.657. The van der Waals surface area contributed by atoms with Crippen molar-refractivity contribution < 1.29 is 34.1 Å². The molecule has 0 aliphatic carbocycles. The highest BCUT2D eigenvalue weighted by molar-refractivity contribution is 6.51. The average Bonchev–Trinajstić information content (AvgIpc) is 3.20. The fourth-order valence-electron chi connectivity index (χ4n) is 4.28. The Morgan fingerprint density at radius 3 is 2.36 bits per heavy atom. The highest BCUT2D eigenvalue weighted by Gasteiger charge is 2.47. The fraction of sp³-hybridized carbons (Fsp3) is 0.258. The van der Waals surface area contributed by atoms with Gasteiger partial charge in [-0.1, -0.05) is 51.1 Å². The van der Waals surface area contributed by atoms with E-state index in [0.29, 0.717) is 29.9 Å². The highest BCUT2D eigenvalue weighted by atomic mass is 16.5. The lowest BCUT2D eigenvalue weighted by Gasteiger charge is -2.26. The van der Waals surface area contributed by atoms with Gasteiger partial charge in [0.2, 0.25) is 0 Å². The third-order valence-electron chi connectivity index (χ3n) is 6.14. The van der Waals surface area contributed by atoms with Crippen LogP contribution in [0.4, 0.5) is 5.69 Å². The third-order valence-corrected chi connectivity index (χ3v) is 6.14. The molecule has 2 N–H and O–H groups in total. The van der Waals surface area contributed by atoms with Crippen molar-refractivity contribution in [2.24, 2.45) is 5.92 Å². The molecule has 1 heterocycles. The van der Waals surface area contributed by atoms with E-state index in [1.165, 1.54) is 23.1 Å². The van der Waals surface area contributed by atoms with Gasteiger partial charge in [-0.25, -0.2) is 4.79 Å². The predicted molar refractivity (Wildman–Crippen MR) is 147 cm³/mol. The summed E-state index contributed by atoms with van der Waals surface area (Å²) in [7, 11) is 0. The van der Waals surface area contributed by atoms with E-state index in [4.69, 9.17) is 9.47 Å². The van der Waals surface area contributed by atoms with Crippen LogP contribution in [0.15, 0.2) is 78.4 Å². The maximum atomic E-state index is 13.4. The Labute approximate surface area is 227 Å². The van der Waals surface area contributed by atoms with Crippen molar-refractivity contribution in [2.45, 2.75) is 33.2 Å². The minimum Gasteiger partial charge on any atom is -0.508 e. The molecule has 0 radical (unpaired) electrons. The number of hydrogen-bond acceptors (Lipinski definition) is 7.